The van der Waals surface area contributed by atoms with Crippen molar-refractivity contribution in [2.24, 2.45) is 11.3 Å². The summed E-state index contributed by atoms with van der Waals surface area (Å²) in [6, 6.07) is 2.22. The van der Waals surface area contributed by atoms with Crippen molar-refractivity contribution in [3.05, 3.63) is 0 Å². The zero-order chi connectivity index (χ0) is 14.8. The number of piperazine rings is 1. The Hall–Kier alpha value is -0.0800. The van der Waals surface area contributed by atoms with E-state index in [1.807, 2.05) is 0 Å². The van der Waals surface area contributed by atoms with Crippen molar-refractivity contribution in [2.45, 2.75) is 91.3 Å². The summed E-state index contributed by atoms with van der Waals surface area (Å²) in [4.78, 5) is 2.89. The van der Waals surface area contributed by atoms with Gasteiger partial charge in [0.2, 0.25) is 0 Å². The molecular weight excluding hydrogens is 244 g/mol. The molecule has 2 rings (SSSR count). The second kappa shape index (κ2) is 6.79. The van der Waals surface area contributed by atoms with E-state index >= 15 is 0 Å². The Balaban J connectivity index is 2.09. The molecule has 2 atom stereocenters. The van der Waals surface area contributed by atoms with Crippen LogP contribution in [0.5, 0.6) is 0 Å². The number of nitrogens with one attached hydrogen (secondary N) is 1. The maximum absolute atomic E-state index is 3.83. The Morgan fingerprint density at radius 3 is 2.10 bits per heavy atom. The molecule has 1 aliphatic carbocycles. The molecule has 0 aromatic rings. The van der Waals surface area contributed by atoms with Crippen molar-refractivity contribution < 1.29 is 0 Å². The topological polar surface area (TPSA) is 15.3 Å². The molecule has 1 heterocycles. The minimum Gasteiger partial charge on any atom is -0.311 e. The molecule has 2 unspecified atom stereocenters. The standard InChI is InChI=1S/C18H36N2/c1-14(2)16-12-19-17(18(3,4)5)13-20(16)15-10-8-6-7-9-11-15/h14-17,19H,6-13H2,1-5H3. The summed E-state index contributed by atoms with van der Waals surface area (Å²) in [6.07, 6.45) is 8.66. The van der Waals surface area contributed by atoms with Gasteiger partial charge in [-0.25, -0.2) is 0 Å². The van der Waals surface area contributed by atoms with Gasteiger partial charge in [0.1, 0.15) is 0 Å². The summed E-state index contributed by atoms with van der Waals surface area (Å²) in [5.74, 6) is 0.756. The average molecular weight is 280 g/mol. The van der Waals surface area contributed by atoms with Crippen molar-refractivity contribution in [1.29, 1.82) is 0 Å². The molecule has 1 saturated carbocycles. The molecule has 1 aliphatic heterocycles. The van der Waals surface area contributed by atoms with Gasteiger partial charge in [0, 0.05) is 31.2 Å². The van der Waals surface area contributed by atoms with Gasteiger partial charge in [-0.2, -0.15) is 0 Å². The predicted molar refractivity (Wildman–Crippen MR) is 88.1 cm³/mol. The Labute approximate surface area is 126 Å². The van der Waals surface area contributed by atoms with Crippen LogP contribution in [0.4, 0.5) is 0 Å². The first kappa shape index (κ1) is 16.3. The summed E-state index contributed by atoms with van der Waals surface area (Å²) in [7, 11) is 0. The normalized spacial score (nSPS) is 31.5. The van der Waals surface area contributed by atoms with Crippen LogP contribution in [0.15, 0.2) is 0 Å². The van der Waals surface area contributed by atoms with Gasteiger partial charge in [0.15, 0.2) is 0 Å². The first-order valence-electron chi connectivity index (χ1n) is 8.88. The van der Waals surface area contributed by atoms with Gasteiger partial charge in [-0.15, -0.1) is 0 Å². The first-order valence-corrected chi connectivity index (χ1v) is 8.88. The van der Waals surface area contributed by atoms with Crippen LogP contribution in [0, 0.1) is 11.3 Å². The molecular formula is C18H36N2. The van der Waals surface area contributed by atoms with Crippen LogP contribution in [0.3, 0.4) is 0 Å². The van der Waals surface area contributed by atoms with Crippen molar-refractivity contribution >= 4 is 0 Å². The van der Waals surface area contributed by atoms with E-state index < -0.39 is 0 Å². The third-order valence-electron chi connectivity index (χ3n) is 5.50. The summed E-state index contributed by atoms with van der Waals surface area (Å²) in [5, 5.41) is 3.83. The van der Waals surface area contributed by atoms with E-state index in [1.54, 1.807) is 0 Å². The molecule has 0 aromatic carbocycles. The Morgan fingerprint density at radius 1 is 1.00 bits per heavy atom. The van der Waals surface area contributed by atoms with Crippen LogP contribution in [-0.2, 0) is 0 Å². The highest BCUT2D eigenvalue weighted by Crippen LogP contribution is 2.31. The molecule has 0 spiro atoms. The monoisotopic (exact) mass is 280 g/mol. The van der Waals surface area contributed by atoms with E-state index in [9.17, 15) is 0 Å². The molecule has 0 amide bonds. The van der Waals surface area contributed by atoms with Crippen LogP contribution in [-0.4, -0.2) is 36.1 Å². The Bertz CT molecular complexity index is 284. The second-order valence-corrected chi connectivity index (χ2v) is 8.48. The molecule has 0 bridgehead atoms. The van der Waals surface area contributed by atoms with E-state index in [0.717, 1.165) is 18.0 Å². The lowest BCUT2D eigenvalue weighted by atomic mass is 9.82. The fourth-order valence-electron chi connectivity index (χ4n) is 4.00. The maximum Gasteiger partial charge on any atom is 0.0247 e. The third kappa shape index (κ3) is 3.98. The molecule has 2 heteroatoms. The zero-order valence-corrected chi connectivity index (χ0v) is 14.4. The minimum atomic E-state index is 0.366. The number of hydrogen-bond acceptors (Lipinski definition) is 2. The largest absolute Gasteiger partial charge is 0.311 e. The van der Waals surface area contributed by atoms with Crippen molar-refractivity contribution in [3.63, 3.8) is 0 Å². The number of hydrogen-bond donors (Lipinski definition) is 1. The fourth-order valence-corrected chi connectivity index (χ4v) is 4.00. The highest BCUT2D eigenvalue weighted by Gasteiger charge is 2.38. The van der Waals surface area contributed by atoms with Gasteiger partial charge in [-0.05, 0) is 24.2 Å². The van der Waals surface area contributed by atoms with Crippen LogP contribution in [0.2, 0.25) is 0 Å². The lowest BCUT2D eigenvalue weighted by molar-refractivity contribution is 0.0238. The van der Waals surface area contributed by atoms with Gasteiger partial charge in [-0.3, -0.25) is 4.90 Å². The van der Waals surface area contributed by atoms with Crippen molar-refractivity contribution in [1.82, 2.24) is 10.2 Å². The van der Waals surface area contributed by atoms with E-state index in [-0.39, 0.29) is 0 Å². The molecule has 118 valence electrons. The van der Waals surface area contributed by atoms with Gasteiger partial charge in [0.25, 0.3) is 0 Å². The van der Waals surface area contributed by atoms with Gasteiger partial charge in [0.05, 0.1) is 0 Å². The molecule has 0 radical (unpaired) electrons. The van der Waals surface area contributed by atoms with Crippen molar-refractivity contribution in [2.75, 3.05) is 13.1 Å². The van der Waals surface area contributed by atoms with Crippen LogP contribution >= 0.6 is 0 Å². The summed E-state index contributed by atoms with van der Waals surface area (Å²) in [5.41, 5.74) is 0.366. The second-order valence-electron chi connectivity index (χ2n) is 8.48. The quantitative estimate of drug-likeness (QED) is 0.768. The van der Waals surface area contributed by atoms with E-state index in [4.69, 9.17) is 0 Å². The van der Waals surface area contributed by atoms with Gasteiger partial charge in [-0.1, -0.05) is 60.3 Å². The number of rotatable bonds is 2. The molecule has 2 aliphatic rings. The van der Waals surface area contributed by atoms with E-state index in [2.05, 4.69) is 44.8 Å². The molecule has 1 N–H and O–H groups in total. The Morgan fingerprint density at radius 2 is 1.60 bits per heavy atom. The molecule has 1 saturated heterocycles. The molecule has 0 aromatic heterocycles. The first-order chi connectivity index (χ1) is 9.39. The highest BCUT2D eigenvalue weighted by molar-refractivity contribution is 4.95. The maximum atomic E-state index is 3.83. The van der Waals surface area contributed by atoms with Crippen LogP contribution in [0.25, 0.3) is 0 Å². The summed E-state index contributed by atoms with van der Waals surface area (Å²) >= 11 is 0. The van der Waals surface area contributed by atoms with Crippen LogP contribution in [0.1, 0.15) is 73.1 Å². The lowest BCUT2D eigenvalue weighted by Gasteiger charge is -2.49. The summed E-state index contributed by atoms with van der Waals surface area (Å²) in [6.45, 7) is 14.4. The fraction of sp³-hybridized carbons (Fsp3) is 1.00. The van der Waals surface area contributed by atoms with E-state index in [1.165, 1.54) is 51.6 Å². The molecule has 2 fully saturated rings. The van der Waals surface area contributed by atoms with Crippen molar-refractivity contribution in [3.8, 4) is 0 Å². The third-order valence-corrected chi connectivity index (χ3v) is 5.50. The van der Waals surface area contributed by atoms with Gasteiger partial charge >= 0.3 is 0 Å². The smallest absolute Gasteiger partial charge is 0.0247 e. The lowest BCUT2D eigenvalue weighted by Crippen LogP contribution is -2.63. The predicted octanol–water partition coefficient (Wildman–Crippen LogP) is 4.05. The van der Waals surface area contributed by atoms with Crippen LogP contribution < -0.4 is 5.32 Å². The summed E-state index contributed by atoms with van der Waals surface area (Å²) < 4.78 is 0. The van der Waals surface area contributed by atoms with E-state index in [0.29, 0.717) is 11.5 Å². The Kier molecular flexibility index (Phi) is 5.53. The molecule has 2 nitrogen and oxygen atoms in total. The SMILES string of the molecule is CC(C)C1CNC(C(C)(C)C)CN1C1CCCCCC1. The average Bonchev–Trinajstić information content (AvgIpc) is 2.65. The molecule has 20 heavy (non-hydrogen) atoms. The number of nitrogens with zero attached hydrogens (tertiary/aromatic N) is 1. The zero-order valence-electron chi connectivity index (χ0n) is 14.4. The highest BCUT2D eigenvalue weighted by atomic mass is 15.3. The minimum absolute atomic E-state index is 0.366. The van der Waals surface area contributed by atoms with Gasteiger partial charge < -0.3 is 5.32 Å².